The summed E-state index contributed by atoms with van der Waals surface area (Å²) in [7, 11) is 0. The molecule has 1 amide bonds. The largest absolute Gasteiger partial charge is 0.457 e. The van der Waals surface area contributed by atoms with Gasteiger partial charge < -0.3 is 9.32 Å². The molecule has 1 aromatic heterocycles. The molecular weight excluding hydrogens is 246 g/mol. The molecule has 1 aliphatic heterocycles. The fraction of sp³-hybridized carbons (Fsp3) is 0.500. The number of halogens is 1. The van der Waals surface area contributed by atoms with Gasteiger partial charge in [-0.25, -0.2) is 0 Å². The van der Waals surface area contributed by atoms with Gasteiger partial charge >= 0.3 is 0 Å². The van der Waals surface area contributed by atoms with E-state index in [4.69, 9.17) is 4.42 Å². The Balaban J connectivity index is 2.13. The first-order valence-electron chi connectivity index (χ1n) is 4.70. The average Bonchev–Trinajstić information content (AvgIpc) is 2.73. The van der Waals surface area contributed by atoms with Crippen molar-refractivity contribution < 1.29 is 9.21 Å². The van der Waals surface area contributed by atoms with Crippen LogP contribution in [-0.2, 0) is 0 Å². The second-order valence-electron chi connectivity index (χ2n) is 3.75. The van der Waals surface area contributed by atoms with E-state index in [1.807, 2.05) is 4.90 Å². The maximum absolute atomic E-state index is 11.9. The second-order valence-corrected chi connectivity index (χ2v) is 4.47. The average molecular weight is 258 g/mol. The van der Waals surface area contributed by atoms with Gasteiger partial charge in [0.15, 0.2) is 4.67 Å². The predicted molar refractivity (Wildman–Crippen MR) is 56.1 cm³/mol. The number of carbonyl (C=O) groups is 1. The van der Waals surface area contributed by atoms with Crippen LogP contribution >= 0.6 is 15.9 Å². The number of furan rings is 1. The summed E-state index contributed by atoms with van der Waals surface area (Å²) in [5, 5.41) is 0. The van der Waals surface area contributed by atoms with Crippen LogP contribution in [0.1, 0.15) is 23.7 Å². The van der Waals surface area contributed by atoms with Crippen LogP contribution in [0.4, 0.5) is 0 Å². The summed E-state index contributed by atoms with van der Waals surface area (Å²) < 4.78 is 5.57. The zero-order chi connectivity index (χ0) is 10.1. The van der Waals surface area contributed by atoms with Crippen molar-refractivity contribution in [2.24, 2.45) is 5.92 Å². The lowest BCUT2D eigenvalue weighted by molar-refractivity contribution is 0.0786. The van der Waals surface area contributed by atoms with Crippen LogP contribution in [0, 0.1) is 5.92 Å². The molecule has 0 radical (unpaired) electrons. The van der Waals surface area contributed by atoms with E-state index >= 15 is 0 Å². The lowest BCUT2D eigenvalue weighted by atomic mass is 10.2. The number of hydrogen-bond donors (Lipinski definition) is 0. The number of hydrogen-bond acceptors (Lipinski definition) is 2. The summed E-state index contributed by atoms with van der Waals surface area (Å²) >= 11 is 3.21. The Kier molecular flexibility index (Phi) is 2.63. The van der Waals surface area contributed by atoms with Gasteiger partial charge in [-0.15, -0.1) is 0 Å². The van der Waals surface area contributed by atoms with Crippen molar-refractivity contribution in [3.05, 3.63) is 22.6 Å². The van der Waals surface area contributed by atoms with Crippen molar-refractivity contribution in [2.75, 3.05) is 13.1 Å². The van der Waals surface area contributed by atoms with Crippen LogP contribution in [-0.4, -0.2) is 23.9 Å². The zero-order valence-electron chi connectivity index (χ0n) is 8.00. The van der Waals surface area contributed by atoms with E-state index in [-0.39, 0.29) is 5.91 Å². The van der Waals surface area contributed by atoms with Gasteiger partial charge in [-0.2, -0.15) is 0 Å². The third-order valence-corrected chi connectivity index (χ3v) is 3.17. The molecule has 0 bridgehead atoms. The Morgan fingerprint density at radius 2 is 2.50 bits per heavy atom. The number of nitrogens with zero attached hydrogens (tertiary/aromatic N) is 1. The van der Waals surface area contributed by atoms with E-state index in [0.717, 1.165) is 19.5 Å². The van der Waals surface area contributed by atoms with Crippen LogP contribution in [0.25, 0.3) is 0 Å². The maximum atomic E-state index is 11.9. The Labute approximate surface area is 91.2 Å². The molecule has 1 saturated heterocycles. The summed E-state index contributed by atoms with van der Waals surface area (Å²) in [6, 6.07) is 1.70. The molecule has 1 unspecified atom stereocenters. The molecule has 0 aromatic carbocycles. The minimum atomic E-state index is 0.0648. The van der Waals surface area contributed by atoms with Gasteiger partial charge in [-0.1, -0.05) is 6.92 Å². The molecule has 2 rings (SSSR count). The monoisotopic (exact) mass is 257 g/mol. The van der Waals surface area contributed by atoms with Crippen molar-refractivity contribution in [3.8, 4) is 0 Å². The van der Waals surface area contributed by atoms with Crippen molar-refractivity contribution >= 4 is 21.8 Å². The first-order chi connectivity index (χ1) is 6.68. The summed E-state index contributed by atoms with van der Waals surface area (Å²) in [6.45, 7) is 3.88. The fourth-order valence-electron chi connectivity index (χ4n) is 1.74. The van der Waals surface area contributed by atoms with Crippen molar-refractivity contribution in [1.82, 2.24) is 4.90 Å². The van der Waals surface area contributed by atoms with E-state index in [9.17, 15) is 4.79 Å². The predicted octanol–water partition coefficient (Wildman–Crippen LogP) is 2.52. The van der Waals surface area contributed by atoms with Gasteiger partial charge in [-0.3, -0.25) is 4.79 Å². The van der Waals surface area contributed by atoms with Crippen LogP contribution in [0.5, 0.6) is 0 Å². The zero-order valence-corrected chi connectivity index (χ0v) is 9.58. The molecule has 0 saturated carbocycles. The smallest absolute Gasteiger partial charge is 0.258 e. The summed E-state index contributed by atoms with van der Waals surface area (Å²) in [4.78, 5) is 13.8. The van der Waals surface area contributed by atoms with Crippen LogP contribution in [0.2, 0.25) is 0 Å². The molecule has 0 aliphatic carbocycles. The fourth-order valence-corrected chi connectivity index (χ4v) is 2.15. The quantitative estimate of drug-likeness (QED) is 0.775. The molecule has 1 atom stereocenters. The molecule has 76 valence electrons. The number of carbonyl (C=O) groups excluding carboxylic acids is 1. The third kappa shape index (κ3) is 1.71. The van der Waals surface area contributed by atoms with Crippen LogP contribution in [0.3, 0.4) is 0 Å². The molecule has 0 spiro atoms. The molecule has 4 heteroatoms. The minimum absolute atomic E-state index is 0.0648. The van der Waals surface area contributed by atoms with E-state index in [0.29, 0.717) is 16.2 Å². The lowest BCUT2D eigenvalue weighted by Gasteiger charge is -2.14. The SMILES string of the molecule is CC1CCN(C(=O)c2ccoc2Br)C1. The molecule has 1 fully saturated rings. The molecule has 14 heavy (non-hydrogen) atoms. The molecule has 1 aliphatic rings. The van der Waals surface area contributed by atoms with Gasteiger partial charge in [0.2, 0.25) is 0 Å². The highest BCUT2D eigenvalue weighted by Crippen LogP contribution is 2.23. The van der Waals surface area contributed by atoms with Gasteiger partial charge in [-0.05, 0) is 34.3 Å². The normalized spacial score (nSPS) is 21.6. The first kappa shape index (κ1) is 9.77. The Morgan fingerprint density at radius 1 is 1.71 bits per heavy atom. The number of amides is 1. The van der Waals surface area contributed by atoms with Gasteiger partial charge in [0.25, 0.3) is 5.91 Å². The Bertz CT molecular complexity index is 348. The van der Waals surface area contributed by atoms with E-state index in [1.54, 1.807) is 6.07 Å². The van der Waals surface area contributed by atoms with Gasteiger partial charge in [0.05, 0.1) is 11.8 Å². The lowest BCUT2D eigenvalue weighted by Crippen LogP contribution is -2.28. The molecule has 2 heterocycles. The van der Waals surface area contributed by atoms with Crippen molar-refractivity contribution in [1.29, 1.82) is 0 Å². The highest BCUT2D eigenvalue weighted by atomic mass is 79.9. The first-order valence-corrected chi connectivity index (χ1v) is 5.50. The van der Waals surface area contributed by atoms with Crippen molar-refractivity contribution in [2.45, 2.75) is 13.3 Å². The molecular formula is C10H12BrNO2. The Morgan fingerprint density at radius 3 is 3.00 bits per heavy atom. The maximum Gasteiger partial charge on any atom is 0.258 e. The number of rotatable bonds is 1. The van der Waals surface area contributed by atoms with Gasteiger partial charge in [0, 0.05) is 13.1 Å². The van der Waals surface area contributed by atoms with E-state index < -0.39 is 0 Å². The molecule has 0 N–H and O–H groups in total. The summed E-state index contributed by atoms with van der Waals surface area (Å²) in [5.41, 5.74) is 0.624. The summed E-state index contributed by atoms with van der Waals surface area (Å²) in [5.74, 6) is 0.680. The van der Waals surface area contributed by atoms with Gasteiger partial charge in [0.1, 0.15) is 0 Å². The van der Waals surface area contributed by atoms with Crippen LogP contribution in [0.15, 0.2) is 21.4 Å². The Hall–Kier alpha value is -0.770. The molecule has 3 nitrogen and oxygen atoms in total. The van der Waals surface area contributed by atoms with Crippen LogP contribution < -0.4 is 0 Å². The highest BCUT2D eigenvalue weighted by molar-refractivity contribution is 9.10. The van der Waals surface area contributed by atoms with E-state index in [2.05, 4.69) is 22.9 Å². The number of likely N-dealkylation sites (tertiary alicyclic amines) is 1. The summed E-state index contributed by atoms with van der Waals surface area (Å²) in [6.07, 6.45) is 2.62. The second kappa shape index (κ2) is 3.77. The minimum Gasteiger partial charge on any atom is -0.457 e. The molecule has 1 aromatic rings. The standard InChI is InChI=1S/C10H12BrNO2/c1-7-2-4-12(6-7)10(13)8-3-5-14-9(8)11/h3,5,7H,2,4,6H2,1H3. The van der Waals surface area contributed by atoms with Crippen molar-refractivity contribution in [3.63, 3.8) is 0 Å². The topological polar surface area (TPSA) is 33.5 Å². The highest BCUT2D eigenvalue weighted by Gasteiger charge is 2.26. The third-order valence-electron chi connectivity index (χ3n) is 2.56. The van der Waals surface area contributed by atoms with E-state index in [1.165, 1.54) is 6.26 Å².